The van der Waals surface area contributed by atoms with Crippen LogP contribution < -0.4 is 17.7 Å². The fraction of sp³-hybridized carbons (Fsp3) is 0.967. The minimum atomic E-state index is -0.202. The van der Waals surface area contributed by atoms with E-state index in [0.29, 0.717) is 31.6 Å². The molecule has 0 saturated carbocycles. The van der Waals surface area contributed by atoms with E-state index in [1.54, 1.807) is 7.05 Å². The second kappa shape index (κ2) is 29.8. The number of nitrogens with zero attached hydrogens (tertiary/aromatic N) is 1. The number of halogens is 1. The summed E-state index contributed by atoms with van der Waals surface area (Å²) in [5.74, 6) is 0. The van der Waals surface area contributed by atoms with Crippen molar-refractivity contribution in [3.8, 4) is 0 Å². The van der Waals surface area contributed by atoms with Gasteiger partial charge in [-0.2, -0.15) is 0 Å². The predicted octanol–water partition coefficient (Wildman–Crippen LogP) is 3.90. The van der Waals surface area contributed by atoms with Crippen LogP contribution in [0.3, 0.4) is 0 Å². The molecule has 1 unspecified atom stereocenters. The van der Waals surface area contributed by atoms with Gasteiger partial charge in [-0.1, -0.05) is 103 Å². The fourth-order valence-corrected chi connectivity index (χ4v) is 4.20. The zero-order chi connectivity index (χ0) is 27.5. The van der Waals surface area contributed by atoms with Crippen molar-refractivity contribution in [2.75, 3.05) is 74.4 Å². The van der Waals surface area contributed by atoms with E-state index in [1.807, 2.05) is 0 Å². The van der Waals surface area contributed by atoms with E-state index in [0.717, 1.165) is 30.7 Å². The maximum Gasteiger partial charge on any atom is 0.256 e. The Morgan fingerprint density at radius 1 is 0.632 bits per heavy atom. The van der Waals surface area contributed by atoms with Gasteiger partial charge in [-0.15, -0.1) is 0 Å². The molecule has 0 aliphatic rings. The Morgan fingerprint density at radius 3 is 1.50 bits per heavy atom. The van der Waals surface area contributed by atoms with Gasteiger partial charge < -0.3 is 41.2 Å². The molecule has 0 heterocycles. The minimum Gasteiger partial charge on any atom is -1.00 e. The van der Waals surface area contributed by atoms with Crippen molar-refractivity contribution in [3.63, 3.8) is 0 Å². The van der Waals surface area contributed by atoms with Crippen LogP contribution in [0.4, 0.5) is 0 Å². The van der Waals surface area contributed by atoms with Crippen LogP contribution in [0.25, 0.3) is 0 Å². The molecular weight excluding hydrogens is 520 g/mol. The number of likely N-dealkylation sites (N-methyl/N-ethyl adjacent to an activating group) is 1. The molecule has 0 spiro atoms. The summed E-state index contributed by atoms with van der Waals surface area (Å²) in [7, 11) is 8.24. The van der Waals surface area contributed by atoms with Gasteiger partial charge in [0, 0.05) is 13.7 Å². The molecule has 230 valence electrons. The summed E-state index contributed by atoms with van der Waals surface area (Å²) in [6, 6.07) is 0. The highest BCUT2D eigenvalue weighted by atomic mass is 35.5. The van der Waals surface area contributed by atoms with E-state index in [4.69, 9.17) is 31.2 Å². The minimum absolute atomic E-state index is 0. The molecule has 8 heteroatoms. The molecule has 0 aliphatic carbocycles. The SMILES string of the molecule is CCCCCCCCCCCCCCCCCCOCC(COCCOCC[N+](C)(C)C)OC(=S)NC.[Cl-]. The molecular formula is C30H63ClN2O4S. The van der Waals surface area contributed by atoms with Crippen LogP contribution in [0, 0.1) is 0 Å². The van der Waals surface area contributed by atoms with Gasteiger partial charge in [0.2, 0.25) is 0 Å². The van der Waals surface area contributed by atoms with E-state index in [2.05, 4.69) is 33.4 Å². The summed E-state index contributed by atoms with van der Waals surface area (Å²) in [6.45, 7) is 6.83. The van der Waals surface area contributed by atoms with Crippen molar-refractivity contribution < 1.29 is 35.8 Å². The van der Waals surface area contributed by atoms with Crippen LogP contribution in [-0.2, 0) is 18.9 Å². The van der Waals surface area contributed by atoms with Crippen molar-refractivity contribution in [3.05, 3.63) is 0 Å². The quantitative estimate of drug-likeness (QED) is 0.0858. The average molecular weight is 583 g/mol. The standard InChI is InChI=1S/C30H62N2O4S.ClH/c1-6-7-8-9-10-11-12-13-14-15-16-17-18-19-20-21-23-34-27-29(36-30(37)31-2)28-35-26-25-33-24-22-32(3,4)5;/h29H,6-28H2,1-5H3;1H. The number of nitrogens with one attached hydrogen (secondary N) is 1. The van der Waals surface area contributed by atoms with Gasteiger partial charge in [0.1, 0.15) is 12.6 Å². The van der Waals surface area contributed by atoms with Gasteiger partial charge in [0.15, 0.2) is 0 Å². The molecule has 0 rings (SSSR count). The first-order valence-corrected chi connectivity index (χ1v) is 15.7. The Morgan fingerprint density at radius 2 is 1.05 bits per heavy atom. The Hall–Kier alpha value is -0.180. The fourth-order valence-electron chi connectivity index (χ4n) is 4.07. The van der Waals surface area contributed by atoms with E-state index < -0.39 is 0 Å². The predicted molar refractivity (Wildman–Crippen MR) is 161 cm³/mol. The zero-order valence-corrected chi connectivity index (χ0v) is 27.3. The van der Waals surface area contributed by atoms with E-state index in [9.17, 15) is 0 Å². The largest absolute Gasteiger partial charge is 1.00 e. The third-order valence-electron chi connectivity index (χ3n) is 6.51. The average Bonchev–Trinajstić information content (AvgIpc) is 2.86. The summed E-state index contributed by atoms with van der Waals surface area (Å²) in [6.07, 6.45) is 21.8. The van der Waals surface area contributed by atoms with Crippen LogP contribution in [-0.4, -0.2) is 90.1 Å². The van der Waals surface area contributed by atoms with Crippen molar-refractivity contribution >= 4 is 17.4 Å². The topological polar surface area (TPSA) is 49.0 Å². The normalized spacial score (nSPS) is 12.2. The zero-order valence-electron chi connectivity index (χ0n) is 25.7. The second-order valence-corrected chi connectivity index (χ2v) is 11.7. The van der Waals surface area contributed by atoms with Crippen LogP contribution in [0.5, 0.6) is 0 Å². The summed E-state index contributed by atoms with van der Waals surface area (Å²) >= 11 is 5.16. The molecule has 0 radical (unpaired) electrons. The first-order valence-electron chi connectivity index (χ1n) is 15.3. The highest BCUT2D eigenvalue weighted by Gasteiger charge is 2.13. The molecule has 0 saturated heterocycles. The third kappa shape index (κ3) is 32.0. The summed E-state index contributed by atoms with van der Waals surface area (Å²) in [5, 5.41) is 3.23. The number of quaternary nitrogens is 1. The molecule has 0 amide bonds. The van der Waals surface area contributed by atoms with Crippen molar-refractivity contribution in [2.45, 2.75) is 116 Å². The Kier molecular flexibility index (Phi) is 31.3. The third-order valence-corrected chi connectivity index (χ3v) is 6.81. The molecule has 38 heavy (non-hydrogen) atoms. The lowest BCUT2D eigenvalue weighted by molar-refractivity contribution is -0.870. The van der Waals surface area contributed by atoms with Crippen LogP contribution in [0.2, 0.25) is 0 Å². The lowest BCUT2D eigenvalue weighted by Gasteiger charge is -2.23. The van der Waals surface area contributed by atoms with Gasteiger partial charge in [0.05, 0.1) is 54.2 Å². The van der Waals surface area contributed by atoms with Gasteiger partial charge in [-0.3, -0.25) is 0 Å². The maximum atomic E-state index is 5.87. The number of unbranched alkanes of at least 4 members (excludes halogenated alkanes) is 15. The van der Waals surface area contributed by atoms with Crippen LogP contribution in [0.15, 0.2) is 0 Å². The van der Waals surface area contributed by atoms with E-state index in [-0.39, 0.29) is 18.5 Å². The number of hydrogen-bond donors (Lipinski definition) is 1. The Balaban J connectivity index is 0. The molecule has 0 fully saturated rings. The highest BCUT2D eigenvalue weighted by molar-refractivity contribution is 7.80. The molecule has 1 atom stereocenters. The highest BCUT2D eigenvalue weighted by Crippen LogP contribution is 2.13. The summed E-state index contributed by atoms with van der Waals surface area (Å²) in [4.78, 5) is 0. The molecule has 6 nitrogen and oxygen atoms in total. The molecule has 1 N–H and O–H groups in total. The van der Waals surface area contributed by atoms with E-state index in [1.165, 1.54) is 96.3 Å². The Bertz CT molecular complexity index is 495. The van der Waals surface area contributed by atoms with Crippen molar-refractivity contribution in [1.29, 1.82) is 0 Å². The lowest BCUT2D eigenvalue weighted by atomic mass is 10.0. The number of hydrogen-bond acceptors (Lipinski definition) is 5. The smallest absolute Gasteiger partial charge is 0.256 e. The van der Waals surface area contributed by atoms with Gasteiger partial charge in [-0.25, -0.2) is 0 Å². The number of thiocarbonyl (C=S) groups is 1. The molecule has 0 aromatic carbocycles. The summed E-state index contributed by atoms with van der Waals surface area (Å²) in [5.41, 5.74) is 0. The molecule has 0 aromatic heterocycles. The van der Waals surface area contributed by atoms with Gasteiger partial charge in [0.25, 0.3) is 5.17 Å². The van der Waals surface area contributed by atoms with Crippen LogP contribution >= 0.6 is 12.2 Å². The second-order valence-electron chi connectivity index (χ2n) is 11.4. The first kappa shape index (κ1) is 40.0. The van der Waals surface area contributed by atoms with Crippen molar-refractivity contribution in [1.82, 2.24) is 5.32 Å². The summed E-state index contributed by atoms with van der Waals surface area (Å²) < 4.78 is 23.9. The van der Waals surface area contributed by atoms with Crippen molar-refractivity contribution in [2.24, 2.45) is 0 Å². The lowest BCUT2D eigenvalue weighted by Crippen LogP contribution is -3.00. The molecule has 0 aromatic rings. The first-order chi connectivity index (χ1) is 17.9. The van der Waals surface area contributed by atoms with Gasteiger partial charge >= 0.3 is 0 Å². The number of rotatable bonds is 28. The number of ether oxygens (including phenoxy) is 4. The Labute approximate surface area is 248 Å². The van der Waals surface area contributed by atoms with Gasteiger partial charge in [-0.05, 0) is 18.6 Å². The molecule has 0 bridgehead atoms. The monoisotopic (exact) mass is 582 g/mol. The van der Waals surface area contributed by atoms with E-state index >= 15 is 0 Å². The van der Waals surface area contributed by atoms with Crippen LogP contribution in [0.1, 0.15) is 110 Å². The molecule has 0 aliphatic heterocycles. The maximum absolute atomic E-state index is 5.87.